The van der Waals surface area contributed by atoms with Gasteiger partial charge in [-0.1, -0.05) is 24.3 Å². The highest BCUT2D eigenvalue weighted by atomic mass is 16.5. The molecule has 0 atom stereocenters. The van der Waals surface area contributed by atoms with E-state index in [0.29, 0.717) is 5.75 Å². The first-order valence-electron chi connectivity index (χ1n) is 4.07. The van der Waals surface area contributed by atoms with Crippen molar-refractivity contribution in [2.24, 2.45) is 0 Å². The van der Waals surface area contributed by atoms with Crippen molar-refractivity contribution in [2.75, 3.05) is 6.61 Å². The maximum absolute atomic E-state index is 8.63. The predicted molar refractivity (Wildman–Crippen MR) is 52.3 cm³/mol. The number of phenolic OH excluding ortho intramolecular Hbond substituents is 1. The highest BCUT2D eigenvalue weighted by molar-refractivity contribution is 5.18. The van der Waals surface area contributed by atoms with Crippen LogP contribution in [0.3, 0.4) is 0 Å². The van der Waals surface area contributed by atoms with Gasteiger partial charge in [0.2, 0.25) is 0 Å². The molecule has 2 nitrogen and oxygen atoms in total. The maximum atomic E-state index is 8.63. The van der Waals surface area contributed by atoms with E-state index >= 15 is 0 Å². The van der Waals surface area contributed by atoms with Gasteiger partial charge in [0, 0.05) is 0 Å². The van der Waals surface area contributed by atoms with E-state index in [-0.39, 0.29) is 0 Å². The third-order valence-corrected chi connectivity index (χ3v) is 1.37. The SMILES string of the molecule is C1=CCOC=C1.Oc1ccccc1. The number of benzene rings is 1. The lowest BCUT2D eigenvalue weighted by Gasteiger charge is -1.94. The molecule has 0 aliphatic carbocycles. The molecule has 0 bridgehead atoms. The fourth-order valence-electron chi connectivity index (χ4n) is 0.774. The van der Waals surface area contributed by atoms with Crippen LogP contribution >= 0.6 is 0 Å². The summed E-state index contributed by atoms with van der Waals surface area (Å²) in [7, 11) is 0. The van der Waals surface area contributed by atoms with Crippen LogP contribution in [0, 0.1) is 0 Å². The van der Waals surface area contributed by atoms with Gasteiger partial charge in [-0.15, -0.1) is 0 Å². The summed E-state index contributed by atoms with van der Waals surface area (Å²) in [6, 6.07) is 8.71. The van der Waals surface area contributed by atoms with E-state index in [1.54, 1.807) is 30.5 Å². The smallest absolute Gasteiger partial charge is 0.115 e. The first-order valence-corrected chi connectivity index (χ1v) is 4.07. The van der Waals surface area contributed by atoms with Crippen LogP contribution in [-0.4, -0.2) is 11.7 Å². The first-order chi connectivity index (χ1) is 6.39. The number of aromatic hydroxyl groups is 1. The summed E-state index contributed by atoms with van der Waals surface area (Å²) in [5, 5.41) is 8.63. The molecule has 1 aromatic carbocycles. The quantitative estimate of drug-likeness (QED) is 0.658. The molecule has 0 radical (unpaired) electrons. The number of hydrogen-bond donors (Lipinski definition) is 1. The van der Waals surface area contributed by atoms with Crippen molar-refractivity contribution >= 4 is 0 Å². The minimum Gasteiger partial charge on any atom is -0.508 e. The monoisotopic (exact) mass is 176 g/mol. The summed E-state index contributed by atoms with van der Waals surface area (Å²) in [4.78, 5) is 0. The van der Waals surface area contributed by atoms with Gasteiger partial charge in [0.05, 0.1) is 6.26 Å². The standard InChI is InChI=1S/C6H6O.C5H6O/c7-6-4-2-1-3-5-6;1-2-4-6-5-3-1/h1-5,7H;1-4H,5H2. The second-order valence-corrected chi connectivity index (χ2v) is 2.43. The number of ether oxygens (including phenoxy) is 1. The average molecular weight is 176 g/mol. The predicted octanol–water partition coefficient (Wildman–Crippen LogP) is 2.48. The molecule has 0 amide bonds. The van der Waals surface area contributed by atoms with E-state index in [9.17, 15) is 0 Å². The molecule has 13 heavy (non-hydrogen) atoms. The van der Waals surface area contributed by atoms with Gasteiger partial charge in [-0.2, -0.15) is 0 Å². The van der Waals surface area contributed by atoms with E-state index < -0.39 is 0 Å². The lowest BCUT2D eigenvalue weighted by molar-refractivity contribution is 0.286. The van der Waals surface area contributed by atoms with Gasteiger partial charge in [0.1, 0.15) is 12.4 Å². The highest BCUT2D eigenvalue weighted by Gasteiger charge is 1.75. The highest BCUT2D eigenvalue weighted by Crippen LogP contribution is 2.02. The molecule has 1 aliphatic heterocycles. The van der Waals surface area contributed by atoms with Crippen molar-refractivity contribution in [3.63, 3.8) is 0 Å². The molecule has 2 heteroatoms. The van der Waals surface area contributed by atoms with Crippen LogP contribution < -0.4 is 0 Å². The van der Waals surface area contributed by atoms with Gasteiger partial charge in [-0.25, -0.2) is 0 Å². The van der Waals surface area contributed by atoms with Crippen LogP contribution in [0.5, 0.6) is 5.75 Å². The van der Waals surface area contributed by atoms with E-state index in [4.69, 9.17) is 9.84 Å². The summed E-state index contributed by atoms with van der Waals surface area (Å²) in [6.07, 6.45) is 7.47. The second-order valence-electron chi connectivity index (χ2n) is 2.43. The van der Waals surface area contributed by atoms with Crippen molar-refractivity contribution in [3.05, 3.63) is 54.8 Å². The van der Waals surface area contributed by atoms with E-state index in [1.165, 1.54) is 0 Å². The number of allylic oxidation sites excluding steroid dienone is 2. The zero-order chi connectivity index (χ0) is 9.36. The topological polar surface area (TPSA) is 29.5 Å². The van der Waals surface area contributed by atoms with E-state index in [0.717, 1.165) is 6.61 Å². The molecule has 0 unspecified atom stereocenters. The Labute approximate surface area is 77.8 Å². The average Bonchev–Trinajstić information content (AvgIpc) is 2.22. The van der Waals surface area contributed by atoms with Crippen LogP contribution in [0.2, 0.25) is 0 Å². The van der Waals surface area contributed by atoms with Crippen LogP contribution in [0.15, 0.2) is 54.8 Å². The summed E-state index contributed by atoms with van der Waals surface area (Å²) in [5.74, 6) is 0.322. The Bertz CT molecular complexity index is 263. The molecule has 0 spiro atoms. The van der Waals surface area contributed by atoms with Crippen LogP contribution in [0.1, 0.15) is 0 Å². The molecule has 0 saturated heterocycles. The largest absolute Gasteiger partial charge is 0.508 e. The summed E-state index contributed by atoms with van der Waals surface area (Å²) in [5.41, 5.74) is 0. The number of phenols is 1. The molecule has 2 rings (SSSR count). The Morgan fingerprint density at radius 1 is 1.08 bits per heavy atom. The van der Waals surface area contributed by atoms with Crippen LogP contribution in [0.4, 0.5) is 0 Å². The number of hydrogen-bond acceptors (Lipinski definition) is 2. The Kier molecular flexibility index (Phi) is 4.25. The Morgan fingerprint density at radius 2 is 1.85 bits per heavy atom. The van der Waals surface area contributed by atoms with Gasteiger partial charge in [-0.05, 0) is 24.3 Å². The summed E-state index contributed by atoms with van der Waals surface area (Å²) < 4.78 is 4.80. The van der Waals surface area contributed by atoms with Gasteiger partial charge >= 0.3 is 0 Å². The molecule has 1 aromatic rings. The third kappa shape index (κ3) is 4.69. The van der Waals surface area contributed by atoms with Gasteiger partial charge in [-0.3, -0.25) is 0 Å². The van der Waals surface area contributed by atoms with Gasteiger partial charge in [0.25, 0.3) is 0 Å². The lowest BCUT2D eigenvalue weighted by atomic mass is 10.3. The Hall–Kier alpha value is -1.70. The van der Waals surface area contributed by atoms with Gasteiger partial charge in [0.15, 0.2) is 0 Å². The first kappa shape index (κ1) is 9.39. The van der Waals surface area contributed by atoms with E-state index in [1.807, 2.05) is 24.3 Å². The van der Waals surface area contributed by atoms with Crippen LogP contribution in [0.25, 0.3) is 0 Å². The van der Waals surface area contributed by atoms with Crippen molar-refractivity contribution in [2.45, 2.75) is 0 Å². The Balaban J connectivity index is 0.000000132. The summed E-state index contributed by atoms with van der Waals surface area (Å²) >= 11 is 0. The molecule has 0 saturated carbocycles. The number of rotatable bonds is 0. The molecule has 1 N–H and O–H groups in total. The fourth-order valence-corrected chi connectivity index (χ4v) is 0.774. The molecular formula is C11H12O2. The maximum Gasteiger partial charge on any atom is 0.115 e. The van der Waals surface area contributed by atoms with Crippen molar-refractivity contribution in [1.29, 1.82) is 0 Å². The molecule has 1 heterocycles. The third-order valence-electron chi connectivity index (χ3n) is 1.37. The second kappa shape index (κ2) is 5.89. The normalized spacial score (nSPS) is 12.6. The molecule has 68 valence electrons. The van der Waals surface area contributed by atoms with Crippen LogP contribution in [-0.2, 0) is 4.74 Å². The Morgan fingerprint density at radius 3 is 2.08 bits per heavy atom. The molecule has 1 aliphatic rings. The van der Waals surface area contributed by atoms with Crippen molar-refractivity contribution < 1.29 is 9.84 Å². The van der Waals surface area contributed by atoms with Crippen molar-refractivity contribution in [1.82, 2.24) is 0 Å². The van der Waals surface area contributed by atoms with Crippen molar-refractivity contribution in [3.8, 4) is 5.75 Å². The minimum atomic E-state index is 0.322. The van der Waals surface area contributed by atoms with Gasteiger partial charge < -0.3 is 9.84 Å². The van der Waals surface area contributed by atoms with E-state index in [2.05, 4.69) is 0 Å². The summed E-state index contributed by atoms with van der Waals surface area (Å²) in [6.45, 7) is 0.733. The zero-order valence-corrected chi connectivity index (χ0v) is 7.26. The zero-order valence-electron chi connectivity index (χ0n) is 7.26. The molecule has 0 fully saturated rings. The lowest BCUT2D eigenvalue weighted by Crippen LogP contribution is -1.82. The molecule has 0 aromatic heterocycles. The molecular weight excluding hydrogens is 164 g/mol. The minimum absolute atomic E-state index is 0.322. The number of para-hydroxylation sites is 1. The fraction of sp³-hybridized carbons (Fsp3) is 0.0909.